The van der Waals surface area contributed by atoms with Gasteiger partial charge < -0.3 is 9.84 Å². The van der Waals surface area contributed by atoms with Gasteiger partial charge in [0.2, 0.25) is 0 Å². The number of carbonyl (C=O) groups excluding carboxylic acids is 1. The van der Waals surface area contributed by atoms with E-state index < -0.39 is 5.41 Å². The van der Waals surface area contributed by atoms with Crippen LogP contribution in [0.25, 0.3) is 0 Å². The van der Waals surface area contributed by atoms with E-state index in [1.807, 2.05) is 67.6 Å². The average molecular weight is 384 g/mol. The Morgan fingerprint density at radius 2 is 2.04 bits per heavy atom. The van der Waals surface area contributed by atoms with Gasteiger partial charge in [0, 0.05) is 24.4 Å². The summed E-state index contributed by atoms with van der Waals surface area (Å²) in [5, 5.41) is 11.2. The van der Waals surface area contributed by atoms with Crippen LogP contribution in [0.5, 0.6) is 0 Å². The summed E-state index contributed by atoms with van der Waals surface area (Å²) < 4.78 is 5.48. The molecule has 1 aliphatic rings. The summed E-state index contributed by atoms with van der Waals surface area (Å²) in [6, 6.07) is 13.8. The minimum absolute atomic E-state index is 0.0322. The Labute approximate surface area is 166 Å². The zero-order chi connectivity index (χ0) is 20.0. The summed E-state index contributed by atoms with van der Waals surface area (Å²) >= 11 is 0. The van der Waals surface area contributed by atoms with Crippen LogP contribution in [0, 0.1) is 11.3 Å². The second-order valence-electron chi connectivity index (χ2n) is 8.02. The molecule has 0 aliphatic carbocycles. The lowest BCUT2D eigenvalue weighted by atomic mass is 9.96. The zero-order valence-corrected chi connectivity index (χ0v) is 16.5. The summed E-state index contributed by atoms with van der Waals surface area (Å²) in [6.45, 7) is 4.80. The fourth-order valence-electron chi connectivity index (χ4n) is 3.16. The molecule has 28 heavy (non-hydrogen) atoms. The zero-order valence-electron chi connectivity index (χ0n) is 16.5. The Hall–Kier alpha value is -2.28. The van der Waals surface area contributed by atoms with E-state index in [1.165, 1.54) is 0 Å². The van der Waals surface area contributed by atoms with Crippen LogP contribution in [-0.4, -0.2) is 40.9 Å². The van der Waals surface area contributed by atoms with Gasteiger partial charge in [-0.3, -0.25) is 14.6 Å². The van der Waals surface area contributed by atoms with Gasteiger partial charge in [0.25, 0.3) is 0 Å². The Kier molecular flexibility index (Phi) is 6.78. The Bertz CT molecular complexity index is 752. The number of pyridine rings is 1. The number of rotatable bonds is 8. The molecular formula is C22H28N2O4. The van der Waals surface area contributed by atoms with Gasteiger partial charge in [-0.2, -0.15) is 5.06 Å². The van der Waals surface area contributed by atoms with E-state index in [9.17, 15) is 9.90 Å². The van der Waals surface area contributed by atoms with E-state index in [1.54, 1.807) is 6.20 Å². The van der Waals surface area contributed by atoms with Crippen LogP contribution >= 0.6 is 0 Å². The lowest BCUT2D eigenvalue weighted by Crippen LogP contribution is -2.30. The third-order valence-electron chi connectivity index (χ3n) is 4.93. The second kappa shape index (κ2) is 9.28. The Morgan fingerprint density at radius 3 is 2.71 bits per heavy atom. The molecule has 2 heterocycles. The molecule has 1 aliphatic heterocycles. The molecule has 150 valence electrons. The third kappa shape index (κ3) is 5.38. The van der Waals surface area contributed by atoms with Crippen LogP contribution in [-0.2, 0) is 21.0 Å². The average Bonchev–Trinajstić information content (AvgIpc) is 3.16. The first-order valence-corrected chi connectivity index (χ1v) is 9.59. The van der Waals surface area contributed by atoms with Gasteiger partial charge in [-0.05, 0) is 23.6 Å². The summed E-state index contributed by atoms with van der Waals surface area (Å²) in [7, 11) is 0. The van der Waals surface area contributed by atoms with Crippen molar-refractivity contribution in [2.45, 2.75) is 32.9 Å². The molecule has 1 aromatic heterocycles. The highest BCUT2D eigenvalue weighted by atomic mass is 16.7. The highest BCUT2D eigenvalue weighted by Gasteiger charge is 2.39. The summed E-state index contributed by atoms with van der Waals surface area (Å²) in [5.41, 5.74) is 1.64. The van der Waals surface area contributed by atoms with E-state index >= 15 is 0 Å². The molecule has 0 bridgehead atoms. The van der Waals surface area contributed by atoms with Crippen molar-refractivity contribution in [2.24, 2.45) is 11.3 Å². The fraction of sp³-hybridized carbons (Fsp3) is 0.455. The maximum atomic E-state index is 12.6. The number of aromatic nitrogens is 1. The lowest BCUT2D eigenvalue weighted by molar-refractivity contribution is -0.184. The number of hydroxylamine groups is 2. The number of hydrogen-bond acceptors (Lipinski definition) is 6. The van der Waals surface area contributed by atoms with Crippen LogP contribution in [0.4, 0.5) is 0 Å². The van der Waals surface area contributed by atoms with E-state index in [2.05, 4.69) is 4.98 Å². The molecule has 1 saturated heterocycles. The molecule has 1 fully saturated rings. The quantitative estimate of drug-likeness (QED) is 0.705. The predicted molar refractivity (Wildman–Crippen MR) is 105 cm³/mol. The number of aliphatic hydroxyl groups excluding tert-OH is 1. The van der Waals surface area contributed by atoms with Crippen molar-refractivity contribution in [3.05, 3.63) is 66.0 Å². The molecule has 0 unspecified atom stereocenters. The van der Waals surface area contributed by atoms with Crippen molar-refractivity contribution < 1.29 is 19.5 Å². The maximum absolute atomic E-state index is 12.6. The van der Waals surface area contributed by atoms with Crippen LogP contribution < -0.4 is 0 Å². The maximum Gasteiger partial charge on any atom is 0.310 e. The Balaban J connectivity index is 1.67. The first-order chi connectivity index (χ1) is 13.5. The molecule has 0 spiro atoms. The smallest absolute Gasteiger partial charge is 0.310 e. The predicted octanol–water partition coefficient (Wildman–Crippen LogP) is 3.14. The summed E-state index contributed by atoms with van der Waals surface area (Å²) in [6.07, 6.45) is 4.15. The number of benzene rings is 1. The lowest BCUT2D eigenvalue weighted by Gasteiger charge is -2.23. The monoisotopic (exact) mass is 384 g/mol. The second-order valence-corrected chi connectivity index (χ2v) is 8.02. The van der Waals surface area contributed by atoms with Crippen LogP contribution in [0.2, 0.25) is 0 Å². The number of nitrogens with zero attached hydrogens (tertiary/aromatic N) is 2. The van der Waals surface area contributed by atoms with E-state index in [0.29, 0.717) is 19.6 Å². The molecule has 6 heteroatoms. The molecule has 2 aromatic rings. The number of carbonyl (C=O) groups is 1. The molecule has 0 amide bonds. The van der Waals surface area contributed by atoms with Crippen molar-refractivity contribution in [3.63, 3.8) is 0 Å². The van der Waals surface area contributed by atoms with Gasteiger partial charge in [-0.1, -0.05) is 50.2 Å². The number of hydrogen-bond donors (Lipinski definition) is 1. The Morgan fingerprint density at radius 1 is 1.25 bits per heavy atom. The topological polar surface area (TPSA) is 71.9 Å². The summed E-state index contributed by atoms with van der Waals surface area (Å²) in [4.78, 5) is 22.9. The van der Waals surface area contributed by atoms with Crippen molar-refractivity contribution in [1.29, 1.82) is 0 Å². The van der Waals surface area contributed by atoms with E-state index in [0.717, 1.165) is 11.1 Å². The van der Waals surface area contributed by atoms with Crippen molar-refractivity contribution >= 4 is 5.97 Å². The molecule has 3 rings (SSSR count). The van der Waals surface area contributed by atoms with Gasteiger partial charge in [-0.25, -0.2) is 0 Å². The fourth-order valence-corrected chi connectivity index (χ4v) is 3.16. The highest BCUT2D eigenvalue weighted by Crippen LogP contribution is 2.36. The first-order valence-electron chi connectivity index (χ1n) is 9.59. The van der Waals surface area contributed by atoms with E-state index in [4.69, 9.17) is 9.57 Å². The minimum Gasteiger partial charge on any atom is -0.465 e. The molecule has 0 saturated carbocycles. The van der Waals surface area contributed by atoms with Crippen molar-refractivity contribution in [3.8, 4) is 0 Å². The molecule has 2 atom stereocenters. The number of ether oxygens (including phenoxy) is 1. The standard InChI is InChI=1S/C22H28N2O4/c1-22(2,15-25)16-27-21(26)19-11-20(18-9-6-10-23-12-18)24(13-19)28-14-17-7-4-3-5-8-17/h3-10,12,19-20,25H,11,13-16H2,1-2H3/t19-,20-/m0/s1. The van der Waals surface area contributed by atoms with E-state index in [-0.39, 0.29) is 31.1 Å². The van der Waals surface area contributed by atoms with Gasteiger partial charge >= 0.3 is 5.97 Å². The summed E-state index contributed by atoms with van der Waals surface area (Å²) in [5.74, 6) is -0.531. The largest absolute Gasteiger partial charge is 0.465 e. The molecule has 6 nitrogen and oxygen atoms in total. The van der Waals surface area contributed by atoms with Gasteiger partial charge in [0.15, 0.2) is 0 Å². The van der Waals surface area contributed by atoms with Gasteiger partial charge in [-0.15, -0.1) is 0 Å². The SMILES string of the molecule is CC(C)(CO)COC(=O)[C@H]1C[C@@H](c2cccnc2)N(OCc2ccccc2)C1. The van der Waals surface area contributed by atoms with Gasteiger partial charge in [0.05, 0.1) is 31.8 Å². The molecular weight excluding hydrogens is 356 g/mol. The van der Waals surface area contributed by atoms with Gasteiger partial charge in [0.1, 0.15) is 0 Å². The molecule has 0 radical (unpaired) electrons. The normalized spacial score (nSPS) is 20.2. The number of esters is 1. The number of aliphatic hydroxyl groups is 1. The highest BCUT2D eigenvalue weighted by molar-refractivity contribution is 5.73. The molecule has 1 N–H and O–H groups in total. The van der Waals surface area contributed by atoms with Crippen molar-refractivity contribution in [2.75, 3.05) is 19.8 Å². The molecule has 1 aromatic carbocycles. The third-order valence-corrected chi connectivity index (χ3v) is 4.93. The first kappa shape index (κ1) is 20.5. The van der Waals surface area contributed by atoms with Crippen LogP contribution in [0.3, 0.4) is 0 Å². The van der Waals surface area contributed by atoms with Crippen LogP contribution in [0.1, 0.15) is 37.4 Å². The minimum atomic E-state index is -0.444. The van der Waals surface area contributed by atoms with Crippen molar-refractivity contribution in [1.82, 2.24) is 10.0 Å². The van der Waals surface area contributed by atoms with Crippen LogP contribution in [0.15, 0.2) is 54.9 Å².